The van der Waals surface area contributed by atoms with Gasteiger partial charge in [-0.25, -0.2) is 8.42 Å². The first-order chi connectivity index (χ1) is 12.7. The lowest BCUT2D eigenvalue weighted by Crippen LogP contribution is -2.43. The number of carbonyl (C=O) groups excluding carboxylic acids is 2. The Bertz CT molecular complexity index is 1070. The number of carbonyl (C=O) groups is 2. The quantitative estimate of drug-likeness (QED) is 0.702. The van der Waals surface area contributed by atoms with Gasteiger partial charge in [-0.15, -0.1) is 0 Å². The van der Waals surface area contributed by atoms with Gasteiger partial charge in [-0.2, -0.15) is 0 Å². The van der Waals surface area contributed by atoms with Gasteiger partial charge in [0.05, 0.1) is 4.90 Å². The van der Waals surface area contributed by atoms with Crippen LogP contribution in [0.5, 0.6) is 0 Å². The van der Waals surface area contributed by atoms with Crippen molar-refractivity contribution in [2.24, 2.45) is 0 Å². The third kappa shape index (κ3) is 3.81. The molecule has 1 unspecified atom stereocenters. The molecule has 1 heterocycles. The van der Waals surface area contributed by atoms with E-state index in [-0.39, 0.29) is 11.3 Å². The molecule has 8 heteroatoms. The van der Waals surface area contributed by atoms with Crippen molar-refractivity contribution in [1.29, 1.82) is 0 Å². The van der Waals surface area contributed by atoms with Gasteiger partial charge in [0.2, 0.25) is 13.9 Å². The third-order valence-electron chi connectivity index (χ3n) is 3.98. The van der Waals surface area contributed by atoms with Crippen LogP contribution >= 0.6 is 27.7 Å². The second kappa shape index (κ2) is 7.50. The summed E-state index contributed by atoms with van der Waals surface area (Å²) in [4.78, 5) is 24.2. The number of halogens is 1. The highest BCUT2D eigenvalue weighted by Crippen LogP contribution is 2.43. The Morgan fingerprint density at radius 2 is 1.70 bits per heavy atom. The van der Waals surface area contributed by atoms with Gasteiger partial charge in [0, 0.05) is 16.5 Å². The van der Waals surface area contributed by atoms with Gasteiger partial charge < -0.3 is 0 Å². The molecule has 1 N–H and O–H groups in total. The number of thioether (sulfide) groups is 1. The summed E-state index contributed by atoms with van der Waals surface area (Å²) in [5, 5.41) is 1.38. The first-order valence-corrected chi connectivity index (χ1v) is 10.9. The van der Waals surface area contributed by atoms with Crippen molar-refractivity contribution in [3.05, 3.63) is 64.1 Å². The lowest BCUT2D eigenvalue weighted by Gasteiger charge is -2.22. The third-order valence-corrected chi connectivity index (χ3v) is 8.46. The van der Waals surface area contributed by atoms with Crippen molar-refractivity contribution < 1.29 is 18.0 Å². The average Bonchev–Trinajstić information content (AvgIpc) is 2.92. The maximum atomic E-state index is 13.2. The van der Waals surface area contributed by atoms with Crippen LogP contribution in [-0.4, -0.2) is 23.6 Å². The van der Waals surface area contributed by atoms with Crippen LogP contribution in [0.2, 0.25) is 0 Å². The molecule has 2 aromatic rings. The Morgan fingerprint density at radius 1 is 1.07 bits per heavy atom. The average molecular weight is 464 g/mol. The van der Waals surface area contributed by atoms with E-state index in [1.807, 2.05) is 31.2 Å². The van der Waals surface area contributed by atoms with E-state index in [0.717, 1.165) is 5.56 Å². The molecule has 0 aromatic heterocycles. The predicted octanol–water partition coefficient (Wildman–Crippen LogP) is 3.65. The molecule has 5 nitrogen and oxygen atoms in total. The zero-order chi connectivity index (χ0) is 19.7. The summed E-state index contributed by atoms with van der Waals surface area (Å²) < 4.78 is 25.1. The Balaban J connectivity index is 2.01. The fourth-order valence-corrected chi connectivity index (χ4v) is 5.88. The minimum absolute atomic E-state index is 0.0415. The van der Waals surface area contributed by atoms with Crippen LogP contribution in [0.25, 0.3) is 0 Å². The number of rotatable bonds is 3. The molecule has 138 valence electrons. The topological polar surface area (TPSA) is 80.3 Å². The highest BCUT2D eigenvalue weighted by molar-refractivity contribution is 9.10. The summed E-state index contributed by atoms with van der Waals surface area (Å²) in [6, 6.07) is 13.3. The van der Waals surface area contributed by atoms with E-state index in [0.29, 0.717) is 21.8 Å². The van der Waals surface area contributed by atoms with Gasteiger partial charge in [-0.05, 0) is 55.1 Å². The fraction of sp³-hybridized carbons (Fsp3) is 0.158. The Hall–Kier alpha value is -2.08. The van der Waals surface area contributed by atoms with Gasteiger partial charge in [-0.3, -0.25) is 14.9 Å². The fourth-order valence-electron chi connectivity index (χ4n) is 2.50. The highest BCUT2D eigenvalue weighted by atomic mass is 79.9. The van der Waals surface area contributed by atoms with E-state index < -0.39 is 25.1 Å². The number of amides is 2. The maximum absolute atomic E-state index is 13.2. The zero-order valence-corrected chi connectivity index (χ0v) is 17.4. The first-order valence-electron chi connectivity index (χ1n) is 7.85. The number of hydrogen-bond acceptors (Lipinski definition) is 5. The summed E-state index contributed by atoms with van der Waals surface area (Å²) in [6.07, 6.45) is -0.304. The molecule has 2 aromatic carbocycles. The lowest BCUT2D eigenvalue weighted by molar-refractivity contribution is -0.119. The van der Waals surface area contributed by atoms with Crippen LogP contribution in [0.4, 0.5) is 4.79 Å². The van der Waals surface area contributed by atoms with Crippen molar-refractivity contribution in [2.45, 2.75) is 22.3 Å². The van der Waals surface area contributed by atoms with E-state index >= 15 is 0 Å². The molecule has 0 radical (unpaired) electrons. The van der Waals surface area contributed by atoms with E-state index in [2.05, 4.69) is 33.1 Å². The van der Waals surface area contributed by atoms with Crippen molar-refractivity contribution in [3.63, 3.8) is 0 Å². The molecule has 1 saturated heterocycles. The van der Waals surface area contributed by atoms with Crippen molar-refractivity contribution in [2.75, 3.05) is 0 Å². The molecule has 0 aliphatic carbocycles. The zero-order valence-electron chi connectivity index (χ0n) is 14.2. The molecule has 1 aliphatic heterocycles. The van der Waals surface area contributed by atoms with E-state index in [1.165, 1.54) is 12.1 Å². The Kier molecular flexibility index (Phi) is 5.47. The smallest absolute Gasteiger partial charge is 0.285 e. The van der Waals surface area contributed by atoms with Gasteiger partial charge in [0.25, 0.3) is 11.1 Å². The molecule has 0 spiro atoms. The summed E-state index contributed by atoms with van der Waals surface area (Å²) in [5.41, 5.74) is 1.78. The van der Waals surface area contributed by atoms with Gasteiger partial charge in [0.15, 0.2) is 0 Å². The number of benzene rings is 2. The van der Waals surface area contributed by atoms with Crippen molar-refractivity contribution in [1.82, 2.24) is 5.32 Å². The van der Waals surface area contributed by atoms with Crippen molar-refractivity contribution >= 4 is 48.7 Å². The lowest BCUT2D eigenvalue weighted by atomic mass is 10.1. The van der Waals surface area contributed by atoms with Crippen LogP contribution in [0.1, 0.15) is 17.5 Å². The molecule has 1 fully saturated rings. The first kappa shape index (κ1) is 19.7. The normalized spacial score (nSPS) is 19.3. The molecule has 27 heavy (non-hydrogen) atoms. The molecule has 3 rings (SSSR count). The molecule has 0 bridgehead atoms. The molecular formula is C19H14BrNO4S2. The van der Waals surface area contributed by atoms with Crippen LogP contribution in [0.15, 0.2) is 57.9 Å². The summed E-state index contributed by atoms with van der Waals surface area (Å²) in [7, 11) is -4.15. The van der Waals surface area contributed by atoms with Crippen LogP contribution < -0.4 is 5.32 Å². The van der Waals surface area contributed by atoms with Gasteiger partial charge >= 0.3 is 0 Å². The number of hydrogen-bond donors (Lipinski definition) is 1. The van der Waals surface area contributed by atoms with Crippen LogP contribution in [0.3, 0.4) is 0 Å². The summed E-state index contributed by atoms with van der Waals surface area (Å²) in [5.74, 6) is 4.77. The van der Waals surface area contributed by atoms with Gasteiger partial charge in [-0.1, -0.05) is 45.5 Å². The predicted molar refractivity (Wildman–Crippen MR) is 108 cm³/mol. The largest absolute Gasteiger partial charge is 0.287 e. The summed E-state index contributed by atoms with van der Waals surface area (Å²) >= 11 is 3.71. The van der Waals surface area contributed by atoms with Crippen LogP contribution in [0, 0.1) is 18.8 Å². The molecule has 1 atom stereocenters. The minimum Gasteiger partial charge on any atom is -0.285 e. The maximum Gasteiger partial charge on any atom is 0.287 e. The highest BCUT2D eigenvalue weighted by Gasteiger charge is 2.58. The van der Waals surface area contributed by atoms with E-state index in [1.54, 1.807) is 12.1 Å². The SMILES string of the molecule is Cc1ccc(C#CCC2(S(=O)(=O)c3ccc(Br)cc3)SC(=O)NC2=O)cc1. The Labute approximate surface area is 170 Å². The number of sulfone groups is 1. The molecule has 1 aliphatic rings. The minimum atomic E-state index is -4.15. The number of nitrogens with one attached hydrogen (secondary N) is 1. The standard InChI is InChI=1S/C19H14BrNO4S2/c1-13-4-6-14(7-5-13)3-2-12-19(17(22)21-18(23)26-19)27(24,25)16-10-8-15(20)9-11-16/h4-11H,12H2,1H3,(H,21,22,23). The van der Waals surface area contributed by atoms with Gasteiger partial charge in [0.1, 0.15) is 0 Å². The molecule has 2 amide bonds. The Morgan fingerprint density at radius 3 is 2.26 bits per heavy atom. The van der Waals surface area contributed by atoms with E-state index in [9.17, 15) is 18.0 Å². The summed E-state index contributed by atoms with van der Waals surface area (Å²) in [6.45, 7) is 1.95. The van der Waals surface area contributed by atoms with Crippen molar-refractivity contribution in [3.8, 4) is 11.8 Å². The second-order valence-corrected chi connectivity index (χ2v) is 10.5. The van der Waals surface area contributed by atoms with E-state index in [4.69, 9.17) is 0 Å². The monoisotopic (exact) mass is 463 g/mol. The molecule has 0 saturated carbocycles. The number of aryl methyl sites for hydroxylation is 1. The van der Waals surface area contributed by atoms with Crippen LogP contribution in [-0.2, 0) is 14.6 Å². The number of imide groups is 1. The molecular weight excluding hydrogens is 450 g/mol. The second-order valence-electron chi connectivity index (χ2n) is 5.90.